The third-order valence-electron chi connectivity index (χ3n) is 8.68. The fourth-order valence-corrected chi connectivity index (χ4v) is 5.79. The van der Waals surface area contributed by atoms with Crippen LogP contribution in [0.1, 0.15) is 181 Å². The van der Waals surface area contributed by atoms with Gasteiger partial charge in [0, 0.05) is 0 Å². The molecule has 4 nitrogen and oxygen atoms in total. The molecule has 0 heterocycles. The van der Waals surface area contributed by atoms with E-state index in [0.29, 0.717) is 11.0 Å². The van der Waals surface area contributed by atoms with E-state index in [-0.39, 0.29) is 6.61 Å². The Balaban J connectivity index is 4.10. The minimum Gasteiger partial charge on any atom is -0.391 e. The average Bonchev–Trinajstić information content (AvgIpc) is 2.92. The number of quaternary nitrogens is 1. The van der Waals surface area contributed by atoms with E-state index < -0.39 is 5.91 Å². The highest BCUT2D eigenvalue weighted by Gasteiger charge is 2.46. The van der Waals surface area contributed by atoms with Crippen molar-refractivity contribution in [3.05, 3.63) is 0 Å². The molecule has 1 N–H and O–H groups in total. The third-order valence-corrected chi connectivity index (χ3v) is 8.68. The van der Waals surface area contributed by atoms with Crippen LogP contribution in [-0.4, -0.2) is 56.0 Å². The summed E-state index contributed by atoms with van der Waals surface area (Å²) >= 11 is 0. The summed E-state index contributed by atoms with van der Waals surface area (Å²) in [5.41, 5.74) is 0. The molecule has 4 heteroatoms. The van der Waals surface area contributed by atoms with Gasteiger partial charge in [-0.05, 0) is 12.8 Å². The number of hydrogen-bond acceptors (Lipinski definition) is 3. The number of hydrogen-bond donors (Lipinski definition) is 1. The first-order chi connectivity index (χ1) is 19.0. The first kappa shape index (κ1) is 38.8. The Morgan fingerprint density at radius 1 is 0.462 bits per heavy atom. The lowest BCUT2D eigenvalue weighted by molar-refractivity contribution is -0.997. The standard InChI is InChI=1S/C35H74NO3/c1-6-9-11-13-15-17-19-21-23-25-27-29-33-38-35(8-3,36(4,5)31-32-37)39-34-30-28-26-24-22-20-18-16-14-12-10-7-2/h37H,6-34H2,1-5H3/q+1. The topological polar surface area (TPSA) is 38.7 Å². The lowest BCUT2D eigenvalue weighted by Crippen LogP contribution is -2.63. The maximum atomic E-state index is 9.70. The fraction of sp³-hybridized carbons (Fsp3) is 1.00. The van der Waals surface area contributed by atoms with Gasteiger partial charge >= 0.3 is 5.91 Å². The van der Waals surface area contributed by atoms with E-state index in [1.54, 1.807) is 0 Å². The van der Waals surface area contributed by atoms with Crippen molar-refractivity contribution < 1.29 is 19.1 Å². The summed E-state index contributed by atoms with van der Waals surface area (Å²) < 4.78 is 13.6. The van der Waals surface area contributed by atoms with Gasteiger partial charge in [0.2, 0.25) is 0 Å². The van der Waals surface area contributed by atoms with Gasteiger partial charge in [-0.3, -0.25) is 4.48 Å². The van der Waals surface area contributed by atoms with Crippen LogP contribution >= 0.6 is 0 Å². The SMILES string of the molecule is CCCCCCCCCCCCCCOC(CC)(OCCCCCCCCCCCCCC)[N+](C)(C)CCO. The summed E-state index contributed by atoms with van der Waals surface area (Å²) in [6.45, 7) is 9.03. The van der Waals surface area contributed by atoms with Gasteiger partial charge in [-0.25, -0.2) is 0 Å². The Morgan fingerprint density at radius 3 is 1.00 bits per heavy atom. The molecule has 0 radical (unpaired) electrons. The van der Waals surface area contributed by atoms with Gasteiger partial charge in [0.1, 0.15) is 6.54 Å². The number of nitrogens with zero attached hydrogens (tertiary/aromatic N) is 1. The minimum absolute atomic E-state index is 0.151. The van der Waals surface area contributed by atoms with Crippen molar-refractivity contribution in [3.63, 3.8) is 0 Å². The molecule has 0 aliphatic heterocycles. The highest BCUT2D eigenvalue weighted by atomic mass is 16.7. The van der Waals surface area contributed by atoms with Gasteiger partial charge in [-0.2, -0.15) is 0 Å². The molecule has 0 aromatic carbocycles. The quantitative estimate of drug-likeness (QED) is 0.0509. The van der Waals surface area contributed by atoms with Gasteiger partial charge in [-0.15, -0.1) is 0 Å². The van der Waals surface area contributed by atoms with Crippen molar-refractivity contribution in [1.29, 1.82) is 0 Å². The normalized spacial score (nSPS) is 12.5. The van der Waals surface area contributed by atoms with E-state index in [1.807, 2.05) is 0 Å². The highest BCUT2D eigenvalue weighted by Crippen LogP contribution is 2.29. The van der Waals surface area contributed by atoms with Crippen LogP contribution in [0.4, 0.5) is 0 Å². The smallest absolute Gasteiger partial charge is 0.318 e. The molecular formula is C35H74NO3+. The second-order valence-electron chi connectivity index (χ2n) is 12.7. The van der Waals surface area contributed by atoms with Crippen LogP contribution in [0.2, 0.25) is 0 Å². The molecule has 0 saturated heterocycles. The summed E-state index contributed by atoms with van der Waals surface area (Å²) in [7, 11) is 4.29. The van der Waals surface area contributed by atoms with Crippen LogP contribution in [0.15, 0.2) is 0 Å². The Labute approximate surface area is 246 Å². The largest absolute Gasteiger partial charge is 0.391 e. The zero-order valence-electron chi connectivity index (χ0n) is 27.7. The molecule has 0 aliphatic rings. The molecule has 0 bridgehead atoms. The second-order valence-corrected chi connectivity index (χ2v) is 12.7. The molecule has 0 amide bonds. The van der Waals surface area contributed by atoms with E-state index in [9.17, 15) is 5.11 Å². The van der Waals surface area contributed by atoms with Crippen molar-refractivity contribution in [2.24, 2.45) is 0 Å². The minimum atomic E-state index is -0.654. The van der Waals surface area contributed by atoms with Gasteiger partial charge in [-0.1, -0.05) is 162 Å². The monoisotopic (exact) mass is 557 g/mol. The Kier molecular flexibility index (Phi) is 27.9. The lowest BCUT2D eigenvalue weighted by atomic mass is 10.1. The zero-order valence-corrected chi connectivity index (χ0v) is 27.7. The molecule has 0 aromatic heterocycles. The van der Waals surface area contributed by atoms with Crippen LogP contribution in [0.25, 0.3) is 0 Å². The number of likely N-dealkylation sites (N-methyl/N-ethyl adjacent to an activating group) is 1. The van der Waals surface area contributed by atoms with Crippen molar-refractivity contribution in [2.75, 3.05) is 40.5 Å². The summed E-state index contributed by atoms with van der Waals surface area (Å²) in [6, 6.07) is 0. The van der Waals surface area contributed by atoms with Crippen LogP contribution in [0.3, 0.4) is 0 Å². The molecule has 0 spiro atoms. The Bertz CT molecular complexity index is 453. The average molecular weight is 557 g/mol. The molecule has 0 aliphatic carbocycles. The molecule has 0 saturated carbocycles. The maximum Gasteiger partial charge on any atom is 0.318 e. The van der Waals surface area contributed by atoms with Gasteiger partial charge in [0.25, 0.3) is 0 Å². The molecule has 0 rings (SSSR count). The van der Waals surface area contributed by atoms with Gasteiger partial charge in [0.05, 0.1) is 40.3 Å². The first-order valence-corrected chi connectivity index (χ1v) is 17.7. The van der Waals surface area contributed by atoms with Crippen LogP contribution in [-0.2, 0) is 9.47 Å². The van der Waals surface area contributed by atoms with Gasteiger partial charge < -0.3 is 14.6 Å². The first-order valence-electron chi connectivity index (χ1n) is 17.7. The van der Waals surface area contributed by atoms with Crippen molar-refractivity contribution >= 4 is 0 Å². The third kappa shape index (κ3) is 21.2. The lowest BCUT2D eigenvalue weighted by Gasteiger charge is -2.46. The highest BCUT2D eigenvalue weighted by molar-refractivity contribution is 4.59. The molecule has 0 fully saturated rings. The molecular weight excluding hydrogens is 482 g/mol. The fourth-order valence-electron chi connectivity index (χ4n) is 5.79. The summed E-state index contributed by atoms with van der Waals surface area (Å²) in [4.78, 5) is 0. The molecule has 39 heavy (non-hydrogen) atoms. The predicted molar refractivity (Wildman–Crippen MR) is 171 cm³/mol. The molecule has 0 atom stereocenters. The predicted octanol–water partition coefficient (Wildman–Crippen LogP) is 10.6. The van der Waals surface area contributed by atoms with E-state index in [1.165, 1.54) is 141 Å². The van der Waals surface area contributed by atoms with Crippen molar-refractivity contribution in [3.8, 4) is 0 Å². The van der Waals surface area contributed by atoms with E-state index in [2.05, 4.69) is 34.9 Å². The summed E-state index contributed by atoms with van der Waals surface area (Å²) in [6.07, 6.45) is 33.3. The maximum absolute atomic E-state index is 9.70. The number of aliphatic hydroxyl groups excluding tert-OH is 1. The Hall–Kier alpha value is -0.160. The van der Waals surface area contributed by atoms with Crippen LogP contribution < -0.4 is 0 Å². The van der Waals surface area contributed by atoms with Crippen molar-refractivity contribution in [2.45, 2.75) is 187 Å². The Morgan fingerprint density at radius 2 is 0.744 bits per heavy atom. The number of unbranched alkanes of at least 4 members (excludes halogenated alkanes) is 22. The number of rotatable bonds is 32. The number of aliphatic hydroxyl groups is 1. The van der Waals surface area contributed by atoms with E-state index >= 15 is 0 Å². The molecule has 236 valence electrons. The van der Waals surface area contributed by atoms with Crippen molar-refractivity contribution in [1.82, 2.24) is 0 Å². The number of ether oxygens (including phenoxy) is 2. The molecule has 0 aromatic rings. The van der Waals surface area contributed by atoms with E-state index in [0.717, 1.165) is 32.5 Å². The van der Waals surface area contributed by atoms with Gasteiger partial charge in [0.15, 0.2) is 0 Å². The second kappa shape index (κ2) is 28.0. The van der Waals surface area contributed by atoms with Crippen LogP contribution in [0.5, 0.6) is 0 Å². The van der Waals surface area contributed by atoms with Crippen LogP contribution in [0, 0.1) is 0 Å². The molecule has 0 unspecified atom stereocenters. The summed E-state index contributed by atoms with van der Waals surface area (Å²) in [5, 5.41) is 9.70. The zero-order chi connectivity index (χ0) is 28.9. The summed E-state index contributed by atoms with van der Waals surface area (Å²) in [5.74, 6) is -0.654. The van der Waals surface area contributed by atoms with E-state index in [4.69, 9.17) is 9.47 Å².